The third-order valence-electron chi connectivity index (χ3n) is 3.91. The van der Waals surface area contributed by atoms with Gasteiger partial charge in [-0.1, -0.05) is 35.9 Å². The molecule has 0 atom stereocenters. The van der Waals surface area contributed by atoms with Crippen LogP contribution in [-0.4, -0.2) is 23.2 Å². The first-order valence-corrected chi connectivity index (χ1v) is 9.46. The van der Waals surface area contributed by atoms with Crippen molar-refractivity contribution < 1.29 is 13.9 Å². The minimum absolute atomic E-state index is 0.275. The number of aromatic nitrogens is 2. The second-order valence-corrected chi connectivity index (χ2v) is 6.91. The van der Waals surface area contributed by atoms with Gasteiger partial charge in [-0.25, -0.2) is 14.4 Å². The Morgan fingerprint density at radius 3 is 2.56 bits per heavy atom. The van der Waals surface area contributed by atoms with Crippen LogP contribution in [0.4, 0.5) is 4.39 Å². The van der Waals surface area contributed by atoms with Gasteiger partial charge in [0.25, 0.3) is 0 Å². The summed E-state index contributed by atoms with van der Waals surface area (Å²) >= 11 is 7.56. The second kappa shape index (κ2) is 7.90. The van der Waals surface area contributed by atoms with Crippen LogP contribution in [0.2, 0.25) is 5.02 Å². The number of rotatable bonds is 6. The lowest BCUT2D eigenvalue weighted by Gasteiger charge is -2.10. The quantitative estimate of drug-likeness (QED) is 0.395. The highest BCUT2D eigenvalue weighted by molar-refractivity contribution is 7.17. The average molecular weight is 401 g/mol. The van der Waals surface area contributed by atoms with Crippen LogP contribution >= 0.6 is 22.9 Å². The van der Waals surface area contributed by atoms with Gasteiger partial charge in [0.05, 0.1) is 10.4 Å². The highest BCUT2D eigenvalue weighted by atomic mass is 35.5. The molecule has 27 heavy (non-hydrogen) atoms. The number of fused-ring (bicyclic) bond motifs is 1. The van der Waals surface area contributed by atoms with E-state index < -0.39 is 0 Å². The molecule has 4 aromatic rings. The zero-order chi connectivity index (χ0) is 18.6. The maximum atomic E-state index is 13.2. The summed E-state index contributed by atoms with van der Waals surface area (Å²) in [5, 5.41) is 3.34. The van der Waals surface area contributed by atoms with Crippen molar-refractivity contribution in [3.8, 4) is 22.8 Å². The van der Waals surface area contributed by atoms with Crippen molar-refractivity contribution in [2.75, 3.05) is 13.2 Å². The lowest BCUT2D eigenvalue weighted by Crippen LogP contribution is -2.10. The standard InChI is InChI=1S/C20H14ClFN2O2S/c21-16-3-1-2-4-17(16)25-9-10-26-19-18-15(11-27-20(18)24-12-23-19)13-5-7-14(22)8-6-13/h1-8,11-12H,9-10H2. The summed E-state index contributed by atoms with van der Waals surface area (Å²) in [5.74, 6) is 0.809. The Morgan fingerprint density at radius 2 is 1.74 bits per heavy atom. The van der Waals surface area contributed by atoms with E-state index in [2.05, 4.69) is 9.97 Å². The Balaban J connectivity index is 1.52. The van der Waals surface area contributed by atoms with Gasteiger partial charge in [-0.2, -0.15) is 0 Å². The van der Waals surface area contributed by atoms with Crippen molar-refractivity contribution >= 4 is 33.2 Å². The SMILES string of the molecule is Fc1ccc(-c2csc3ncnc(OCCOc4ccccc4Cl)c23)cc1. The third-order valence-corrected chi connectivity index (χ3v) is 5.11. The van der Waals surface area contributed by atoms with Crippen LogP contribution in [0.1, 0.15) is 0 Å². The molecule has 7 heteroatoms. The molecule has 0 aliphatic rings. The molecule has 0 saturated heterocycles. The molecule has 2 heterocycles. The number of halogens is 2. The zero-order valence-electron chi connectivity index (χ0n) is 14.1. The van der Waals surface area contributed by atoms with Gasteiger partial charge in [0.15, 0.2) is 0 Å². The first-order chi connectivity index (χ1) is 13.2. The number of hydrogen-bond acceptors (Lipinski definition) is 5. The first kappa shape index (κ1) is 17.7. The van der Waals surface area contributed by atoms with Crippen LogP contribution in [0, 0.1) is 5.82 Å². The summed E-state index contributed by atoms with van der Waals surface area (Å²) in [6, 6.07) is 13.6. The van der Waals surface area contributed by atoms with Crippen molar-refractivity contribution in [1.29, 1.82) is 0 Å². The fourth-order valence-electron chi connectivity index (χ4n) is 2.65. The highest BCUT2D eigenvalue weighted by Crippen LogP contribution is 2.37. The van der Waals surface area contributed by atoms with Gasteiger partial charge in [-0.3, -0.25) is 0 Å². The molecule has 2 aromatic heterocycles. The van der Waals surface area contributed by atoms with E-state index in [1.807, 2.05) is 17.5 Å². The van der Waals surface area contributed by atoms with E-state index in [9.17, 15) is 4.39 Å². The van der Waals surface area contributed by atoms with Gasteiger partial charge in [0.1, 0.15) is 35.9 Å². The first-order valence-electron chi connectivity index (χ1n) is 8.20. The summed E-state index contributed by atoms with van der Waals surface area (Å²) in [7, 11) is 0. The largest absolute Gasteiger partial charge is 0.488 e. The molecule has 0 fully saturated rings. The molecule has 0 amide bonds. The highest BCUT2D eigenvalue weighted by Gasteiger charge is 2.14. The fourth-order valence-corrected chi connectivity index (χ4v) is 3.75. The number of para-hydroxylation sites is 1. The molecule has 0 aliphatic heterocycles. The minimum atomic E-state index is -0.275. The molecule has 0 unspecified atom stereocenters. The molecule has 0 bridgehead atoms. The Bertz CT molecular complexity index is 1070. The van der Waals surface area contributed by atoms with Crippen molar-refractivity contribution in [3.05, 3.63) is 71.1 Å². The lowest BCUT2D eigenvalue weighted by molar-refractivity contribution is 0.214. The van der Waals surface area contributed by atoms with Crippen molar-refractivity contribution in [2.24, 2.45) is 0 Å². The molecule has 0 N–H and O–H groups in total. The van der Waals surface area contributed by atoms with Gasteiger partial charge >= 0.3 is 0 Å². The zero-order valence-corrected chi connectivity index (χ0v) is 15.6. The number of ether oxygens (including phenoxy) is 2. The molecule has 136 valence electrons. The van der Waals surface area contributed by atoms with E-state index in [4.69, 9.17) is 21.1 Å². The second-order valence-electron chi connectivity index (χ2n) is 5.64. The monoisotopic (exact) mass is 400 g/mol. The maximum absolute atomic E-state index is 13.2. The molecule has 4 nitrogen and oxygen atoms in total. The lowest BCUT2D eigenvalue weighted by atomic mass is 10.1. The molecule has 0 radical (unpaired) electrons. The predicted molar refractivity (Wildman–Crippen MR) is 105 cm³/mol. The summed E-state index contributed by atoms with van der Waals surface area (Å²) in [6.07, 6.45) is 1.47. The van der Waals surface area contributed by atoms with E-state index in [0.29, 0.717) is 29.9 Å². The van der Waals surface area contributed by atoms with Crippen molar-refractivity contribution in [1.82, 2.24) is 9.97 Å². The molecule has 4 rings (SSSR count). The Hall–Kier alpha value is -2.70. The van der Waals surface area contributed by atoms with Crippen LogP contribution in [0.15, 0.2) is 60.2 Å². The number of nitrogens with zero attached hydrogens (tertiary/aromatic N) is 2. The van der Waals surface area contributed by atoms with Gasteiger partial charge in [0.2, 0.25) is 5.88 Å². The topological polar surface area (TPSA) is 44.2 Å². The third kappa shape index (κ3) is 3.86. The van der Waals surface area contributed by atoms with Gasteiger partial charge in [-0.15, -0.1) is 11.3 Å². The number of benzene rings is 2. The summed E-state index contributed by atoms with van der Waals surface area (Å²) in [6.45, 7) is 0.626. The Morgan fingerprint density at radius 1 is 0.963 bits per heavy atom. The number of thiophene rings is 1. The minimum Gasteiger partial charge on any atom is -0.488 e. The summed E-state index contributed by atoms with van der Waals surface area (Å²) in [5.41, 5.74) is 1.80. The van der Waals surface area contributed by atoms with Gasteiger partial charge in [-0.05, 0) is 29.8 Å². The van der Waals surface area contributed by atoms with Crippen molar-refractivity contribution in [3.63, 3.8) is 0 Å². The predicted octanol–water partition coefficient (Wildman–Crippen LogP) is 5.61. The molecule has 0 spiro atoms. The van der Waals surface area contributed by atoms with Crippen LogP contribution in [0.5, 0.6) is 11.6 Å². The van der Waals surface area contributed by atoms with Gasteiger partial charge < -0.3 is 9.47 Å². The van der Waals surface area contributed by atoms with Crippen LogP contribution in [-0.2, 0) is 0 Å². The molecule has 0 aliphatic carbocycles. The van der Waals surface area contributed by atoms with E-state index >= 15 is 0 Å². The molecule has 0 saturated carbocycles. The molecular weight excluding hydrogens is 387 g/mol. The van der Waals surface area contributed by atoms with Crippen LogP contribution in [0.25, 0.3) is 21.3 Å². The summed E-state index contributed by atoms with van der Waals surface area (Å²) in [4.78, 5) is 9.37. The van der Waals surface area contributed by atoms with Crippen molar-refractivity contribution in [2.45, 2.75) is 0 Å². The van der Waals surface area contributed by atoms with E-state index in [1.54, 1.807) is 24.3 Å². The van der Waals surface area contributed by atoms with E-state index in [0.717, 1.165) is 21.3 Å². The van der Waals surface area contributed by atoms with Crippen LogP contribution < -0.4 is 9.47 Å². The van der Waals surface area contributed by atoms with Crippen LogP contribution in [0.3, 0.4) is 0 Å². The average Bonchev–Trinajstić information content (AvgIpc) is 3.12. The van der Waals surface area contributed by atoms with E-state index in [-0.39, 0.29) is 5.82 Å². The Kier molecular flexibility index (Phi) is 5.18. The fraction of sp³-hybridized carbons (Fsp3) is 0.100. The number of hydrogen-bond donors (Lipinski definition) is 0. The maximum Gasteiger partial charge on any atom is 0.226 e. The smallest absolute Gasteiger partial charge is 0.226 e. The summed E-state index contributed by atoms with van der Waals surface area (Å²) < 4.78 is 24.7. The van der Waals surface area contributed by atoms with E-state index in [1.165, 1.54) is 29.8 Å². The molecule has 2 aromatic carbocycles. The van der Waals surface area contributed by atoms with Gasteiger partial charge in [0, 0.05) is 10.9 Å². The Labute approximate surface area is 164 Å². The molecular formula is C20H14ClFN2O2S. The normalized spacial score (nSPS) is 10.9.